The predicted octanol–water partition coefficient (Wildman–Crippen LogP) is -0.837. The van der Waals surface area contributed by atoms with Crippen molar-refractivity contribution in [2.24, 2.45) is 5.92 Å². The molecule has 3 fully saturated rings. The van der Waals surface area contributed by atoms with Crippen LogP contribution in [-0.4, -0.2) is 75.3 Å². The highest BCUT2D eigenvalue weighted by atomic mass is 32.2. The number of urea groups is 1. The number of quaternary nitrogens is 1. The van der Waals surface area contributed by atoms with Crippen molar-refractivity contribution >= 4 is 21.8 Å². The topological polar surface area (TPSA) is 97.2 Å². The minimum atomic E-state index is -3.02. The van der Waals surface area contributed by atoms with Gasteiger partial charge in [0.05, 0.1) is 12.4 Å². The number of ether oxygens (including phenoxy) is 1. The Kier molecular flexibility index (Phi) is 5.60. The van der Waals surface area contributed by atoms with Crippen molar-refractivity contribution in [3.8, 4) is 0 Å². The van der Waals surface area contributed by atoms with Gasteiger partial charge in [0.1, 0.15) is 23.9 Å². The molecule has 2 heterocycles. The fraction of sp³-hybridized carbons (Fsp3) is 0.882. The number of imide groups is 1. The summed E-state index contributed by atoms with van der Waals surface area (Å²) in [5.74, 6) is 0.714. The minimum Gasteiger partial charge on any atom is -0.379 e. The predicted molar refractivity (Wildman–Crippen MR) is 95.4 cm³/mol. The van der Waals surface area contributed by atoms with Crippen molar-refractivity contribution in [1.82, 2.24) is 10.2 Å². The lowest BCUT2D eigenvalue weighted by Crippen LogP contribution is -3.18. The molecule has 3 amide bonds. The van der Waals surface area contributed by atoms with Gasteiger partial charge in [0, 0.05) is 13.5 Å². The molecule has 0 bridgehead atoms. The van der Waals surface area contributed by atoms with Crippen molar-refractivity contribution in [2.45, 2.75) is 50.6 Å². The summed E-state index contributed by atoms with van der Waals surface area (Å²) in [5, 5.41) is 2.93. The first kappa shape index (κ1) is 19.6. The summed E-state index contributed by atoms with van der Waals surface area (Å²) in [6.07, 6.45) is 3.79. The lowest BCUT2D eigenvalue weighted by Gasteiger charge is -2.34. The van der Waals surface area contributed by atoms with E-state index in [0.29, 0.717) is 38.3 Å². The van der Waals surface area contributed by atoms with Crippen LogP contribution in [0.15, 0.2) is 0 Å². The van der Waals surface area contributed by atoms with Gasteiger partial charge in [0.2, 0.25) is 0 Å². The van der Waals surface area contributed by atoms with Crippen LogP contribution in [0.4, 0.5) is 4.79 Å². The Hall–Kier alpha value is -1.19. The summed E-state index contributed by atoms with van der Waals surface area (Å²) in [6, 6.07) is -0.445. The molecule has 9 heteroatoms. The molecule has 1 unspecified atom stereocenters. The molecule has 148 valence electrons. The number of hydrogen-bond donors (Lipinski definition) is 2. The third-order valence-corrected chi connectivity index (χ3v) is 7.94. The number of nitrogens with zero attached hydrogens (tertiary/aromatic N) is 1. The first-order valence-electron chi connectivity index (χ1n) is 9.44. The van der Waals surface area contributed by atoms with Crippen molar-refractivity contribution in [1.29, 1.82) is 0 Å². The number of carbonyl (C=O) groups is 2. The molecule has 1 aliphatic carbocycles. The Labute approximate surface area is 155 Å². The van der Waals surface area contributed by atoms with Gasteiger partial charge in [0.25, 0.3) is 5.91 Å². The summed E-state index contributed by atoms with van der Waals surface area (Å²) >= 11 is 0. The van der Waals surface area contributed by atoms with Crippen molar-refractivity contribution in [2.75, 3.05) is 38.4 Å². The highest BCUT2D eigenvalue weighted by Gasteiger charge is 2.53. The summed E-state index contributed by atoms with van der Waals surface area (Å²) < 4.78 is 28.9. The molecule has 8 nitrogen and oxygen atoms in total. The smallest absolute Gasteiger partial charge is 0.329 e. The molecule has 0 radical (unpaired) electrons. The fourth-order valence-corrected chi connectivity index (χ4v) is 6.20. The number of amides is 3. The Morgan fingerprint density at radius 1 is 1.27 bits per heavy atom. The van der Waals surface area contributed by atoms with E-state index in [1.165, 1.54) is 4.90 Å². The lowest BCUT2D eigenvalue weighted by molar-refractivity contribution is -0.929. The van der Waals surface area contributed by atoms with E-state index in [4.69, 9.17) is 4.74 Å². The second-order valence-corrected chi connectivity index (χ2v) is 10.3. The van der Waals surface area contributed by atoms with Gasteiger partial charge in [-0.25, -0.2) is 18.1 Å². The van der Waals surface area contributed by atoms with Gasteiger partial charge in [-0.1, -0.05) is 6.92 Å². The summed E-state index contributed by atoms with van der Waals surface area (Å²) in [5.41, 5.74) is -0.752. The molecule has 0 aromatic carbocycles. The average molecular weight is 389 g/mol. The largest absolute Gasteiger partial charge is 0.379 e. The molecule has 1 saturated carbocycles. The molecule has 0 aromatic heterocycles. The van der Waals surface area contributed by atoms with E-state index < -0.39 is 15.4 Å². The molecule has 2 N–H and O–H groups in total. The number of carbonyl (C=O) groups excluding carboxylic acids is 2. The van der Waals surface area contributed by atoms with E-state index in [-0.39, 0.29) is 36.2 Å². The first-order valence-corrected chi connectivity index (χ1v) is 11.3. The molecule has 26 heavy (non-hydrogen) atoms. The summed E-state index contributed by atoms with van der Waals surface area (Å²) in [7, 11) is -1.43. The Morgan fingerprint density at radius 3 is 2.54 bits per heavy atom. The van der Waals surface area contributed by atoms with Gasteiger partial charge in [0.15, 0.2) is 16.5 Å². The zero-order valence-corrected chi connectivity index (χ0v) is 16.4. The van der Waals surface area contributed by atoms with Crippen LogP contribution >= 0.6 is 0 Å². The number of nitrogens with one attached hydrogen (secondary N) is 2. The molecule has 1 spiro atoms. The third kappa shape index (κ3) is 3.89. The van der Waals surface area contributed by atoms with E-state index in [2.05, 4.69) is 12.2 Å². The van der Waals surface area contributed by atoms with Crippen LogP contribution in [0.1, 0.15) is 39.0 Å². The average Bonchev–Trinajstić information content (AvgIpc) is 3.06. The van der Waals surface area contributed by atoms with Crippen LogP contribution < -0.4 is 10.2 Å². The number of rotatable bonds is 6. The molecule has 2 aliphatic heterocycles. The Balaban J connectivity index is 1.72. The second-order valence-electron chi connectivity index (χ2n) is 8.09. The normalized spacial score (nSPS) is 35.1. The summed E-state index contributed by atoms with van der Waals surface area (Å²) in [4.78, 5) is 27.8. The Bertz CT molecular complexity index is 657. The fourth-order valence-electron chi connectivity index (χ4n) is 4.38. The van der Waals surface area contributed by atoms with Gasteiger partial charge in [-0.3, -0.25) is 4.79 Å². The quantitative estimate of drug-likeness (QED) is 0.579. The number of sulfone groups is 1. The maximum Gasteiger partial charge on any atom is 0.329 e. The minimum absolute atomic E-state index is 0.0984. The van der Waals surface area contributed by atoms with Crippen LogP contribution in [0.5, 0.6) is 0 Å². The molecular formula is C17H30N3O5S+. The number of hydrogen-bond acceptors (Lipinski definition) is 5. The highest BCUT2D eigenvalue weighted by molar-refractivity contribution is 7.91. The zero-order chi connectivity index (χ0) is 18.9. The van der Waals surface area contributed by atoms with Crippen molar-refractivity contribution < 1.29 is 27.6 Å². The van der Waals surface area contributed by atoms with Crippen LogP contribution in [0.2, 0.25) is 0 Å². The SMILES string of the molecule is COCC[NH+](CN1C(=O)NC2(CCC(C)CC2)C1=O)[C@H]1CCS(=O)(=O)C1. The zero-order valence-electron chi connectivity index (χ0n) is 15.6. The van der Waals surface area contributed by atoms with Crippen LogP contribution in [-0.2, 0) is 19.4 Å². The van der Waals surface area contributed by atoms with Crippen LogP contribution in [0.3, 0.4) is 0 Å². The lowest BCUT2D eigenvalue weighted by atomic mass is 9.77. The van der Waals surface area contributed by atoms with E-state index in [0.717, 1.165) is 17.7 Å². The molecule has 0 aromatic rings. The molecular weight excluding hydrogens is 358 g/mol. The van der Waals surface area contributed by atoms with Gasteiger partial charge in [-0.05, 0) is 31.6 Å². The maximum atomic E-state index is 13.0. The molecule has 2 saturated heterocycles. The van der Waals surface area contributed by atoms with Gasteiger partial charge in [-0.15, -0.1) is 0 Å². The summed E-state index contributed by atoms with van der Waals surface area (Å²) in [6.45, 7) is 3.39. The van der Waals surface area contributed by atoms with Gasteiger partial charge >= 0.3 is 6.03 Å². The van der Waals surface area contributed by atoms with Crippen molar-refractivity contribution in [3.05, 3.63) is 0 Å². The van der Waals surface area contributed by atoms with Crippen LogP contribution in [0, 0.1) is 5.92 Å². The number of methoxy groups -OCH3 is 1. The second kappa shape index (κ2) is 7.44. The van der Waals surface area contributed by atoms with Gasteiger partial charge in [-0.2, -0.15) is 0 Å². The van der Waals surface area contributed by atoms with Crippen LogP contribution in [0.25, 0.3) is 0 Å². The Morgan fingerprint density at radius 2 is 1.96 bits per heavy atom. The highest BCUT2D eigenvalue weighted by Crippen LogP contribution is 2.36. The van der Waals surface area contributed by atoms with E-state index >= 15 is 0 Å². The maximum absolute atomic E-state index is 13.0. The van der Waals surface area contributed by atoms with E-state index in [1.807, 2.05) is 0 Å². The first-order chi connectivity index (χ1) is 12.3. The van der Waals surface area contributed by atoms with E-state index in [1.54, 1.807) is 7.11 Å². The van der Waals surface area contributed by atoms with E-state index in [9.17, 15) is 18.0 Å². The molecule has 3 aliphatic rings. The van der Waals surface area contributed by atoms with Gasteiger partial charge < -0.3 is 15.0 Å². The third-order valence-electron chi connectivity index (χ3n) is 6.17. The standard InChI is InChI=1S/C17H29N3O5S/c1-13-3-6-17(7-4-13)15(21)20(16(22)18-17)12-19(8-9-25-2)14-5-10-26(23,24)11-14/h13-14H,3-12H2,1-2H3,(H,18,22)/p+1/t13?,14-,17?/m0/s1. The van der Waals surface area contributed by atoms with Crippen molar-refractivity contribution in [3.63, 3.8) is 0 Å². The monoisotopic (exact) mass is 388 g/mol. The molecule has 3 rings (SSSR count). The molecule has 2 atom stereocenters.